The van der Waals surface area contributed by atoms with Gasteiger partial charge in [-0.25, -0.2) is 4.98 Å². The Morgan fingerprint density at radius 2 is 2.06 bits per heavy atom. The molecule has 4 heteroatoms. The Kier molecular flexibility index (Phi) is 5.77. The highest BCUT2D eigenvalue weighted by atomic mass is 79.9. The fourth-order valence-corrected chi connectivity index (χ4v) is 1.91. The second-order valence-corrected chi connectivity index (χ2v) is 4.54. The molecule has 0 aromatic carbocycles. The van der Waals surface area contributed by atoms with Crippen molar-refractivity contribution < 1.29 is 0 Å². The van der Waals surface area contributed by atoms with Gasteiger partial charge in [-0.15, -0.1) is 0 Å². The second kappa shape index (κ2) is 6.86. The van der Waals surface area contributed by atoms with E-state index in [-0.39, 0.29) is 0 Å². The molecule has 0 aliphatic carbocycles. The van der Waals surface area contributed by atoms with Crippen LogP contribution in [0.1, 0.15) is 19.4 Å². The molecule has 0 amide bonds. The van der Waals surface area contributed by atoms with Crippen LogP contribution in [-0.2, 0) is 0 Å². The number of pyridine rings is 1. The average molecular weight is 286 g/mol. The number of aromatic nitrogens is 1. The van der Waals surface area contributed by atoms with Crippen LogP contribution in [0.4, 0.5) is 5.82 Å². The van der Waals surface area contributed by atoms with E-state index in [0.29, 0.717) is 0 Å². The smallest absolute Gasteiger partial charge is 0.140 e. The van der Waals surface area contributed by atoms with Gasteiger partial charge in [0, 0.05) is 19.3 Å². The van der Waals surface area contributed by atoms with Crippen molar-refractivity contribution in [3.8, 4) is 0 Å². The van der Waals surface area contributed by atoms with Crippen LogP contribution >= 0.6 is 15.9 Å². The molecule has 0 bridgehead atoms. The van der Waals surface area contributed by atoms with Crippen LogP contribution in [0.2, 0.25) is 0 Å². The number of anilines is 1. The SMILES string of the molecule is CCN(CC)CCNc1nccc(C)c1Br. The zero-order valence-corrected chi connectivity index (χ0v) is 11.8. The highest BCUT2D eigenvalue weighted by Crippen LogP contribution is 2.22. The molecule has 0 fully saturated rings. The van der Waals surface area contributed by atoms with Crippen LogP contribution in [0.3, 0.4) is 0 Å². The summed E-state index contributed by atoms with van der Waals surface area (Å²) in [5.74, 6) is 0.937. The van der Waals surface area contributed by atoms with E-state index >= 15 is 0 Å². The van der Waals surface area contributed by atoms with Crippen molar-refractivity contribution in [3.63, 3.8) is 0 Å². The van der Waals surface area contributed by atoms with Crippen LogP contribution in [0.15, 0.2) is 16.7 Å². The van der Waals surface area contributed by atoms with Gasteiger partial charge >= 0.3 is 0 Å². The number of aryl methyl sites for hydroxylation is 1. The number of nitrogens with one attached hydrogen (secondary N) is 1. The third-order valence-corrected chi connectivity index (χ3v) is 3.70. The molecule has 0 spiro atoms. The first-order valence-corrected chi connectivity index (χ1v) is 6.55. The van der Waals surface area contributed by atoms with Gasteiger partial charge in [-0.1, -0.05) is 13.8 Å². The first-order chi connectivity index (χ1) is 7.69. The van der Waals surface area contributed by atoms with Gasteiger partial charge in [0.1, 0.15) is 5.82 Å². The summed E-state index contributed by atoms with van der Waals surface area (Å²) in [6, 6.07) is 2.00. The fraction of sp³-hybridized carbons (Fsp3) is 0.583. The Balaban J connectivity index is 2.46. The van der Waals surface area contributed by atoms with E-state index in [4.69, 9.17) is 0 Å². The van der Waals surface area contributed by atoms with E-state index in [0.717, 1.165) is 36.5 Å². The lowest BCUT2D eigenvalue weighted by atomic mass is 10.3. The van der Waals surface area contributed by atoms with Crippen LogP contribution in [-0.4, -0.2) is 36.1 Å². The Morgan fingerprint density at radius 3 is 2.69 bits per heavy atom. The van der Waals surface area contributed by atoms with Crippen LogP contribution < -0.4 is 5.32 Å². The summed E-state index contributed by atoms with van der Waals surface area (Å²) in [5, 5.41) is 3.35. The number of halogens is 1. The molecule has 0 aliphatic rings. The summed E-state index contributed by atoms with van der Waals surface area (Å²) in [6.45, 7) is 10.6. The van der Waals surface area contributed by atoms with Gasteiger partial charge in [-0.2, -0.15) is 0 Å². The number of likely N-dealkylation sites (N-methyl/N-ethyl adjacent to an activating group) is 1. The maximum Gasteiger partial charge on any atom is 0.140 e. The van der Waals surface area contributed by atoms with Crippen molar-refractivity contribution in [2.75, 3.05) is 31.5 Å². The van der Waals surface area contributed by atoms with Gasteiger partial charge in [0.05, 0.1) is 4.47 Å². The van der Waals surface area contributed by atoms with Crippen molar-refractivity contribution in [2.24, 2.45) is 0 Å². The minimum Gasteiger partial charge on any atom is -0.368 e. The van der Waals surface area contributed by atoms with Crippen molar-refractivity contribution in [3.05, 3.63) is 22.3 Å². The number of nitrogens with zero attached hydrogens (tertiary/aromatic N) is 2. The molecule has 0 saturated heterocycles. The predicted octanol–water partition coefficient (Wildman–Crippen LogP) is 2.91. The van der Waals surface area contributed by atoms with Crippen LogP contribution in [0, 0.1) is 6.92 Å². The Hall–Kier alpha value is -0.610. The molecule has 0 unspecified atom stereocenters. The molecule has 1 aromatic heterocycles. The minimum atomic E-state index is 0.927. The molecule has 90 valence electrons. The van der Waals surface area contributed by atoms with Crippen molar-refractivity contribution in [1.82, 2.24) is 9.88 Å². The third-order valence-electron chi connectivity index (χ3n) is 2.70. The van der Waals surface area contributed by atoms with Gasteiger partial charge in [0.2, 0.25) is 0 Å². The number of hydrogen-bond donors (Lipinski definition) is 1. The molecule has 1 N–H and O–H groups in total. The standard InChI is InChI=1S/C12H20BrN3/c1-4-16(5-2)9-8-15-12-11(13)10(3)6-7-14-12/h6-7H,4-5,8-9H2,1-3H3,(H,14,15). The average Bonchev–Trinajstić information content (AvgIpc) is 2.30. The molecule has 1 aromatic rings. The molecule has 0 aliphatic heterocycles. The molecular weight excluding hydrogens is 266 g/mol. The summed E-state index contributed by atoms with van der Waals surface area (Å²) < 4.78 is 1.06. The van der Waals surface area contributed by atoms with Crippen LogP contribution in [0.5, 0.6) is 0 Å². The topological polar surface area (TPSA) is 28.2 Å². The maximum atomic E-state index is 4.31. The van der Waals surface area contributed by atoms with Gasteiger partial charge < -0.3 is 10.2 Å². The van der Waals surface area contributed by atoms with E-state index in [1.165, 1.54) is 5.56 Å². The number of rotatable bonds is 6. The quantitative estimate of drug-likeness (QED) is 0.871. The number of hydrogen-bond acceptors (Lipinski definition) is 3. The van der Waals surface area contributed by atoms with Crippen molar-refractivity contribution in [2.45, 2.75) is 20.8 Å². The zero-order valence-electron chi connectivity index (χ0n) is 10.3. The van der Waals surface area contributed by atoms with Gasteiger partial charge in [0.25, 0.3) is 0 Å². The van der Waals surface area contributed by atoms with E-state index < -0.39 is 0 Å². The third kappa shape index (κ3) is 3.76. The van der Waals surface area contributed by atoms with E-state index in [9.17, 15) is 0 Å². The Morgan fingerprint density at radius 1 is 1.38 bits per heavy atom. The van der Waals surface area contributed by atoms with E-state index in [2.05, 4.69) is 51.9 Å². The summed E-state index contributed by atoms with van der Waals surface area (Å²) in [5.41, 5.74) is 1.21. The first kappa shape index (κ1) is 13.5. The summed E-state index contributed by atoms with van der Waals surface area (Å²) in [7, 11) is 0. The van der Waals surface area contributed by atoms with E-state index in [1.807, 2.05) is 12.3 Å². The Bertz CT molecular complexity index is 324. The largest absolute Gasteiger partial charge is 0.368 e. The molecule has 3 nitrogen and oxygen atoms in total. The second-order valence-electron chi connectivity index (χ2n) is 3.74. The van der Waals surface area contributed by atoms with Crippen molar-refractivity contribution in [1.29, 1.82) is 0 Å². The zero-order chi connectivity index (χ0) is 12.0. The summed E-state index contributed by atoms with van der Waals surface area (Å²) in [6.07, 6.45) is 1.83. The minimum absolute atomic E-state index is 0.927. The highest BCUT2D eigenvalue weighted by Gasteiger charge is 2.03. The molecular formula is C12H20BrN3. The van der Waals surface area contributed by atoms with Crippen molar-refractivity contribution >= 4 is 21.7 Å². The van der Waals surface area contributed by atoms with Gasteiger partial charge in [-0.3, -0.25) is 0 Å². The lowest BCUT2D eigenvalue weighted by Crippen LogP contribution is -2.28. The molecule has 16 heavy (non-hydrogen) atoms. The van der Waals surface area contributed by atoms with Gasteiger partial charge in [-0.05, 0) is 47.6 Å². The highest BCUT2D eigenvalue weighted by molar-refractivity contribution is 9.10. The molecule has 1 heterocycles. The van der Waals surface area contributed by atoms with Gasteiger partial charge in [0.15, 0.2) is 0 Å². The van der Waals surface area contributed by atoms with E-state index in [1.54, 1.807) is 0 Å². The first-order valence-electron chi connectivity index (χ1n) is 5.76. The van der Waals surface area contributed by atoms with Crippen LogP contribution in [0.25, 0.3) is 0 Å². The maximum absolute atomic E-state index is 4.31. The summed E-state index contributed by atoms with van der Waals surface area (Å²) in [4.78, 5) is 6.70. The molecule has 0 atom stereocenters. The molecule has 1 rings (SSSR count). The normalized spacial score (nSPS) is 10.8. The Labute approximate surface area is 106 Å². The predicted molar refractivity (Wildman–Crippen MR) is 73.0 cm³/mol. The lowest BCUT2D eigenvalue weighted by molar-refractivity contribution is 0.316. The fourth-order valence-electron chi connectivity index (χ4n) is 1.54. The molecule has 0 saturated carbocycles. The summed E-state index contributed by atoms with van der Waals surface area (Å²) >= 11 is 3.54. The lowest BCUT2D eigenvalue weighted by Gasteiger charge is -2.18. The monoisotopic (exact) mass is 285 g/mol. The molecule has 0 radical (unpaired) electrons.